The molecule has 0 unspecified atom stereocenters. The van der Waals surface area contributed by atoms with E-state index in [1.54, 1.807) is 11.3 Å². The van der Waals surface area contributed by atoms with Gasteiger partial charge in [0.25, 0.3) is 0 Å². The first-order chi connectivity index (χ1) is 8.72. The number of nitrogens with zero attached hydrogens (tertiary/aromatic N) is 2. The Hall–Kier alpha value is -1.36. The van der Waals surface area contributed by atoms with E-state index < -0.39 is 0 Å². The number of nitrogens with one attached hydrogen (secondary N) is 1. The average molecular weight is 262 g/mol. The fourth-order valence-corrected chi connectivity index (χ4v) is 3.26. The molecule has 2 heterocycles. The number of aryl methyl sites for hydroxylation is 1. The van der Waals surface area contributed by atoms with Crippen molar-refractivity contribution in [1.29, 1.82) is 0 Å². The van der Waals surface area contributed by atoms with Crippen LogP contribution in [0, 0.1) is 12.8 Å². The highest BCUT2D eigenvalue weighted by Crippen LogP contribution is 2.31. The summed E-state index contributed by atoms with van der Waals surface area (Å²) in [5.74, 6) is 2.16. The number of nitrogens with two attached hydrogens (primary N) is 1. The van der Waals surface area contributed by atoms with Gasteiger partial charge in [-0.2, -0.15) is 4.98 Å². The largest absolute Gasteiger partial charge is 0.369 e. The predicted molar refractivity (Wildman–Crippen MR) is 77.0 cm³/mol. The molecule has 0 atom stereocenters. The third-order valence-corrected chi connectivity index (χ3v) is 4.55. The summed E-state index contributed by atoms with van der Waals surface area (Å²) in [7, 11) is 0. The zero-order valence-corrected chi connectivity index (χ0v) is 11.4. The zero-order valence-electron chi connectivity index (χ0n) is 10.6. The summed E-state index contributed by atoms with van der Waals surface area (Å²) in [5, 5.41) is 4.51. The quantitative estimate of drug-likeness (QED) is 0.888. The van der Waals surface area contributed by atoms with Gasteiger partial charge in [0, 0.05) is 11.4 Å². The second-order valence-electron chi connectivity index (χ2n) is 5.02. The Morgan fingerprint density at radius 2 is 2.28 bits per heavy atom. The maximum absolute atomic E-state index is 5.75. The van der Waals surface area contributed by atoms with Gasteiger partial charge < -0.3 is 11.1 Å². The molecule has 0 aromatic carbocycles. The number of anilines is 2. The molecule has 1 aliphatic carbocycles. The molecule has 3 rings (SSSR count). The van der Waals surface area contributed by atoms with E-state index >= 15 is 0 Å². The molecule has 3 N–H and O–H groups in total. The molecule has 0 saturated heterocycles. The van der Waals surface area contributed by atoms with Crippen LogP contribution in [0.2, 0.25) is 0 Å². The van der Waals surface area contributed by atoms with Crippen molar-refractivity contribution in [3.8, 4) is 0 Å². The maximum Gasteiger partial charge on any atom is 0.223 e. The highest BCUT2D eigenvalue weighted by molar-refractivity contribution is 7.18. The lowest BCUT2D eigenvalue weighted by Crippen LogP contribution is -2.16. The van der Waals surface area contributed by atoms with Crippen LogP contribution in [0.3, 0.4) is 0 Å². The van der Waals surface area contributed by atoms with Gasteiger partial charge in [-0.1, -0.05) is 19.3 Å². The average Bonchev–Trinajstić information content (AvgIpc) is 2.61. The molecular weight excluding hydrogens is 244 g/mol. The molecule has 4 nitrogen and oxygen atoms in total. The van der Waals surface area contributed by atoms with Gasteiger partial charge in [-0.3, -0.25) is 0 Å². The molecule has 1 aliphatic rings. The van der Waals surface area contributed by atoms with Gasteiger partial charge in [0.1, 0.15) is 10.6 Å². The van der Waals surface area contributed by atoms with Gasteiger partial charge in [-0.25, -0.2) is 4.98 Å². The molecule has 5 heteroatoms. The SMILES string of the molecule is Cc1cc2c(NCCC3CCC3)nc(N)nc2s1. The first-order valence-corrected chi connectivity index (χ1v) is 7.31. The van der Waals surface area contributed by atoms with Crippen LogP contribution >= 0.6 is 11.3 Å². The minimum Gasteiger partial charge on any atom is -0.369 e. The van der Waals surface area contributed by atoms with Crippen LogP contribution in [-0.2, 0) is 0 Å². The Balaban J connectivity index is 1.76. The lowest BCUT2D eigenvalue weighted by molar-refractivity contribution is 0.303. The lowest BCUT2D eigenvalue weighted by atomic mass is 9.83. The normalized spacial score (nSPS) is 15.8. The molecule has 0 bridgehead atoms. The first-order valence-electron chi connectivity index (χ1n) is 6.50. The monoisotopic (exact) mass is 262 g/mol. The van der Waals surface area contributed by atoms with Crippen molar-refractivity contribution in [3.63, 3.8) is 0 Å². The van der Waals surface area contributed by atoms with Crippen molar-refractivity contribution < 1.29 is 0 Å². The molecule has 18 heavy (non-hydrogen) atoms. The highest BCUT2D eigenvalue weighted by Gasteiger charge is 2.17. The molecule has 0 radical (unpaired) electrons. The summed E-state index contributed by atoms with van der Waals surface area (Å²) in [6.07, 6.45) is 5.41. The van der Waals surface area contributed by atoms with Crippen LogP contribution in [0.1, 0.15) is 30.6 Å². The number of nitrogen functional groups attached to an aromatic ring is 1. The maximum atomic E-state index is 5.75. The van der Waals surface area contributed by atoms with Crippen LogP contribution in [0.25, 0.3) is 10.2 Å². The zero-order chi connectivity index (χ0) is 12.5. The van der Waals surface area contributed by atoms with E-state index in [2.05, 4.69) is 28.3 Å². The van der Waals surface area contributed by atoms with E-state index in [0.29, 0.717) is 5.95 Å². The second kappa shape index (κ2) is 4.72. The molecule has 0 aliphatic heterocycles. The summed E-state index contributed by atoms with van der Waals surface area (Å²) in [6.45, 7) is 3.06. The van der Waals surface area contributed by atoms with E-state index in [0.717, 1.165) is 28.5 Å². The fraction of sp³-hybridized carbons (Fsp3) is 0.538. The van der Waals surface area contributed by atoms with E-state index in [4.69, 9.17) is 5.73 Å². The van der Waals surface area contributed by atoms with Gasteiger partial charge in [-0.15, -0.1) is 11.3 Å². The van der Waals surface area contributed by atoms with Crippen LogP contribution in [0.5, 0.6) is 0 Å². The standard InChI is InChI=1S/C13H18N4S/c1-8-7-10-11(15-6-5-9-3-2-4-9)16-13(14)17-12(10)18-8/h7,9H,2-6H2,1H3,(H3,14,15,16,17). The molecule has 1 saturated carbocycles. The van der Waals surface area contributed by atoms with Crippen LogP contribution in [0.15, 0.2) is 6.07 Å². The summed E-state index contributed by atoms with van der Waals surface area (Å²) in [6, 6.07) is 2.13. The Morgan fingerprint density at radius 3 is 3.00 bits per heavy atom. The Morgan fingerprint density at radius 1 is 1.44 bits per heavy atom. The van der Waals surface area contributed by atoms with Crippen molar-refractivity contribution in [1.82, 2.24) is 9.97 Å². The van der Waals surface area contributed by atoms with Crippen molar-refractivity contribution in [3.05, 3.63) is 10.9 Å². The molecule has 2 aromatic heterocycles. The molecule has 2 aromatic rings. The van der Waals surface area contributed by atoms with E-state index in [9.17, 15) is 0 Å². The van der Waals surface area contributed by atoms with Gasteiger partial charge >= 0.3 is 0 Å². The minimum absolute atomic E-state index is 0.357. The third kappa shape index (κ3) is 2.27. The topological polar surface area (TPSA) is 63.8 Å². The Bertz CT molecular complexity index is 559. The smallest absolute Gasteiger partial charge is 0.223 e. The number of aromatic nitrogens is 2. The molecule has 0 amide bonds. The van der Waals surface area contributed by atoms with Crippen LogP contribution < -0.4 is 11.1 Å². The number of hydrogen-bond acceptors (Lipinski definition) is 5. The van der Waals surface area contributed by atoms with Crippen molar-refractivity contribution in [2.75, 3.05) is 17.6 Å². The van der Waals surface area contributed by atoms with Crippen molar-refractivity contribution in [2.24, 2.45) is 5.92 Å². The van der Waals surface area contributed by atoms with E-state index in [1.165, 1.54) is 30.6 Å². The van der Waals surface area contributed by atoms with E-state index in [-0.39, 0.29) is 0 Å². The molecular formula is C13H18N4S. The first kappa shape index (κ1) is 11.7. The summed E-state index contributed by atoms with van der Waals surface area (Å²) < 4.78 is 0. The summed E-state index contributed by atoms with van der Waals surface area (Å²) in [5.41, 5.74) is 5.75. The van der Waals surface area contributed by atoms with Crippen molar-refractivity contribution >= 4 is 33.3 Å². The Labute approximate surface area is 111 Å². The molecule has 96 valence electrons. The number of fused-ring (bicyclic) bond motifs is 1. The number of rotatable bonds is 4. The second-order valence-corrected chi connectivity index (χ2v) is 6.25. The van der Waals surface area contributed by atoms with E-state index in [1.807, 2.05) is 0 Å². The Kier molecular flexibility index (Phi) is 3.07. The summed E-state index contributed by atoms with van der Waals surface area (Å²) >= 11 is 1.66. The number of hydrogen-bond donors (Lipinski definition) is 2. The molecule has 0 spiro atoms. The fourth-order valence-electron chi connectivity index (χ4n) is 2.37. The highest BCUT2D eigenvalue weighted by atomic mass is 32.1. The van der Waals surface area contributed by atoms with Gasteiger partial charge in [0.05, 0.1) is 5.39 Å². The predicted octanol–water partition coefficient (Wildman–Crippen LogP) is 3.18. The van der Waals surface area contributed by atoms with Crippen molar-refractivity contribution in [2.45, 2.75) is 32.6 Å². The number of thiophene rings is 1. The summed E-state index contributed by atoms with van der Waals surface area (Å²) in [4.78, 5) is 10.8. The van der Waals surface area contributed by atoms with Crippen LogP contribution in [-0.4, -0.2) is 16.5 Å². The van der Waals surface area contributed by atoms with Gasteiger partial charge in [0.2, 0.25) is 5.95 Å². The third-order valence-electron chi connectivity index (χ3n) is 3.60. The van der Waals surface area contributed by atoms with Gasteiger partial charge in [-0.05, 0) is 25.3 Å². The van der Waals surface area contributed by atoms with Gasteiger partial charge in [0.15, 0.2) is 0 Å². The molecule has 1 fully saturated rings. The lowest BCUT2D eigenvalue weighted by Gasteiger charge is -2.25. The minimum atomic E-state index is 0.357. The van der Waals surface area contributed by atoms with Crippen LogP contribution in [0.4, 0.5) is 11.8 Å².